The third-order valence-electron chi connectivity index (χ3n) is 4.40. The third kappa shape index (κ3) is 5.52. The molecule has 1 amide bonds. The van der Waals surface area contributed by atoms with Gasteiger partial charge in [-0.05, 0) is 48.5 Å². The highest BCUT2D eigenvalue weighted by atomic mass is 79.9. The normalized spacial score (nSPS) is 15.6. The van der Waals surface area contributed by atoms with Gasteiger partial charge in [0.2, 0.25) is 15.9 Å². The first kappa shape index (κ1) is 19.8. The van der Waals surface area contributed by atoms with E-state index in [0.717, 1.165) is 30.7 Å². The Morgan fingerprint density at radius 2 is 1.59 bits per heavy atom. The van der Waals surface area contributed by atoms with Crippen molar-refractivity contribution in [2.24, 2.45) is 5.14 Å². The van der Waals surface area contributed by atoms with Crippen molar-refractivity contribution >= 4 is 43.2 Å². The molecule has 0 spiro atoms. The lowest BCUT2D eigenvalue weighted by Crippen LogP contribution is -2.48. The van der Waals surface area contributed by atoms with Gasteiger partial charge in [-0.25, -0.2) is 13.6 Å². The van der Waals surface area contributed by atoms with Gasteiger partial charge in [0.05, 0.1) is 11.4 Å². The second-order valence-corrected chi connectivity index (χ2v) is 8.83. The third-order valence-corrected chi connectivity index (χ3v) is 5.86. The molecule has 1 fully saturated rings. The molecule has 0 unspecified atom stereocenters. The van der Waals surface area contributed by atoms with Gasteiger partial charge in [0.1, 0.15) is 0 Å². The van der Waals surface area contributed by atoms with Gasteiger partial charge < -0.3 is 10.2 Å². The number of hydrogen-bond acceptors (Lipinski definition) is 5. The molecule has 0 aromatic heterocycles. The van der Waals surface area contributed by atoms with E-state index in [1.165, 1.54) is 30.0 Å². The number of rotatable bonds is 5. The van der Waals surface area contributed by atoms with Crippen molar-refractivity contribution in [3.63, 3.8) is 0 Å². The van der Waals surface area contributed by atoms with Crippen LogP contribution in [0.15, 0.2) is 57.9 Å². The number of benzene rings is 2. The quantitative estimate of drug-likeness (QED) is 0.721. The zero-order valence-electron chi connectivity index (χ0n) is 14.6. The van der Waals surface area contributed by atoms with Gasteiger partial charge in [-0.15, -0.1) is 0 Å². The van der Waals surface area contributed by atoms with Crippen LogP contribution < -0.4 is 15.4 Å². The van der Waals surface area contributed by atoms with E-state index in [1.54, 1.807) is 0 Å². The van der Waals surface area contributed by atoms with E-state index >= 15 is 0 Å². The van der Waals surface area contributed by atoms with Crippen molar-refractivity contribution < 1.29 is 13.2 Å². The number of nitrogens with zero attached hydrogens (tertiary/aromatic N) is 2. The zero-order chi connectivity index (χ0) is 19.4. The fraction of sp³-hybridized carbons (Fsp3) is 0.278. The number of piperazine rings is 1. The Hall–Kier alpha value is -1.94. The van der Waals surface area contributed by atoms with Crippen LogP contribution in [0.4, 0.5) is 11.4 Å². The number of nitrogens with one attached hydrogen (secondary N) is 1. The number of amides is 1. The molecule has 27 heavy (non-hydrogen) atoms. The van der Waals surface area contributed by atoms with Crippen molar-refractivity contribution in [3.8, 4) is 0 Å². The minimum Gasteiger partial charge on any atom is -0.369 e. The van der Waals surface area contributed by atoms with Gasteiger partial charge >= 0.3 is 0 Å². The largest absolute Gasteiger partial charge is 0.369 e. The number of carbonyl (C=O) groups excluding carboxylic acids is 1. The molecular weight excluding hydrogens is 432 g/mol. The molecule has 0 atom stereocenters. The summed E-state index contributed by atoms with van der Waals surface area (Å²) in [5.41, 5.74) is 1.72. The van der Waals surface area contributed by atoms with Gasteiger partial charge in [0.15, 0.2) is 0 Å². The predicted octanol–water partition coefficient (Wildman–Crippen LogP) is 1.86. The van der Waals surface area contributed by atoms with Gasteiger partial charge in [0.25, 0.3) is 0 Å². The van der Waals surface area contributed by atoms with Gasteiger partial charge in [0, 0.05) is 42.0 Å². The molecule has 9 heteroatoms. The topological polar surface area (TPSA) is 95.7 Å². The number of anilines is 2. The fourth-order valence-electron chi connectivity index (χ4n) is 2.95. The van der Waals surface area contributed by atoms with E-state index in [4.69, 9.17) is 5.14 Å². The lowest BCUT2D eigenvalue weighted by molar-refractivity contribution is -0.117. The second kappa shape index (κ2) is 8.39. The van der Waals surface area contributed by atoms with Crippen molar-refractivity contribution in [1.82, 2.24) is 4.90 Å². The van der Waals surface area contributed by atoms with Gasteiger partial charge in [-0.2, -0.15) is 0 Å². The molecule has 2 aromatic rings. The Bertz CT molecular complexity index is 893. The van der Waals surface area contributed by atoms with Crippen LogP contribution in [0.25, 0.3) is 0 Å². The number of hydrogen-bond donors (Lipinski definition) is 2. The van der Waals surface area contributed by atoms with E-state index in [2.05, 4.69) is 43.2 Å². The van der Waals surface area contributed by atoms with E-state index in [9.17, 15) is 13.2 Å². The molecule has 1 aliphatic heterocycles. The average Bonchev–Trinajstić information content (AvgIpc) is 2.63. The number of primary sulfonamides is 1. The molecule has 7 nitrogen and oxygen atoms in total. The van der Waals surface area contributed by atoms with Crippen LogP contribution in [-0.2, 0) is 14.8 Å². The molecule has 0 saturated carbocycles. The highest BCUT2D eigenvalue weighted by molar-refractivity contribution is 9.10. The Kier molecular flexibility index (Phi) is 6.15. The molecule has 1 heterocycles. The summed E-state index contributed by atoms with van der Waals surface area (Å²) in [7, 11) is -3.73. The highest BCUT2D eigenvalue weighted by Crippen LogP contribution is 2.20. The highest BCUT2D eigenvalue weighted by Gasteiger charge is 2.19. The Labute approximate surface area is 167 Å². The van der Waals surface area contributed by atoms with E-state index in [-0.39, 0.29) is 10.8 Å². The Morgan fingerprint density at radius 1 is 1.00 bits per heavy atom. The number of carbonyl (C=O) groups is 1. The summed E-state index contributed by atoms with van der Waals surface area (Å²) in [6.45, 7) is 3.61. The number of halogens is 1. The number of sulfonamides is 1. The summed E-state index contributed by atoms with van der Waals surface area (Å²) in [6, 6.07) is 14.0. The summed E-state index contributed by atoms with van der Waals surface area (Å²) < 4.78 is 23.6. The molecule has 144 valence electrons. The first-order chi connectivity index (χ1) is 12.8. The molecule has 2 aromatic carbocycles. The molecule has 0 aliphatic carbocycles. The van der Waals surface area contributed by atoms with Crippen LogP contribution in [-0.4, -0.2) is 51.9 Å². The van der Waals surface area contributed by atoms with Crippen LogP contribution in [0.3, 0.4) is 0 Å². The minimum atomic E-state index is -3.73. The maximum Gasteiger partial charge on any atom is 0.238 e. The standard InChI is InChI=1S/C18H21BrN4O3S/c19-14-1-5-16(6-2-14)23-11-9-22(10-12-23)13-18(24)21-15-3-7-17(8-4-15)27(20,25)26/h1-8H,9-13H2,(H,21,24)(H2,20,25,26). The summed E-state index contributed by atoms with van der Waals surface area (Å²) in [4.78, 5) is 16.7. The average molecular weight is 453 g/mol. The molecule has 0 radical (unpaired) electrons. The maximum atomic E-state index is 12.2. The van der Waals surface area contributed by atoms with Gasteiger partial charge in [-0.1, -0.05) is 15.9 Å². The van der Waals surface area contributed by atoms with Crippen LogP contribution in [0.5, 0.6) is 0 Å². The predicted molar refractivity (Wildman–Crippen MR) is 109 cm³/mol. The fourth-order valence-corrected chi connectivity index (χ4v) is 3.73. The molecule has 1 saturated heterocycles. The maximum absolute atomic E-state index is 12.2. The van der Waals surface area contributed by atoms with Crippen molar-refractivity contribution in [2.75, 3.05) is 42.9 Å². The van der Waals surface area contributed by atoms with Crippen LogP contribution in [0, 0.1) is 0 Å². The summed E-state index contributed by atoms with van der Waals surface area (Å²) >= 11 is 3.44. The summed E-state index contributed by atoms with van der Waals surface area (Å²) in [5, 5.41) is 7.85. The summed E-state index contributed by atoms with van der Waals surface area (Å²) in [5.74, 6) is -0.129. The molecular formula is C18H21BrN4O3S. The molecule has 3 rings (SSSR count). The number of nitrogens with two attached hydrogens (primary N) is 1. The van der Waals surface area contributed by atoms with Crippen LogP contribution in [0.1, 0.15) is 0 Å². The summed E-state index contributed by atoms with van der Waals surface area (Å²) in [6.07, 6.45) is 0. The molecule has 3 N–H and O–H groups in total. The van der Waals surface area contributed by atoms with Crippen molar-refractivity contribution in [1.29, 1.82) is 0 Å². The Morgan fingerprint density at radius 3 is 2.15 bits per heavy atom. The lowest BCUT2D eigenvalue weighted by Gasteiger charge is -2.35. The van der Waals surface area contributed by atoms with Crippen LogP contribution >= 0.6 is 15.9 Å². The Balaban J connectivity index is 1.48. The first-order valence-electron chi connectivity index (χ1n) is 8.47. The second-order valence-electron chi connectivity index (χ2n) is 6.36. The SMILES string of the molecule is NS(=O)(=O)c1ccc(NC(=O)CN2CCN(c3ccc(Br)cc3)CC2)cc1. The van der Waals surface area contributed by atoms with Gasteiger partial charge in [-0.3, -0.25) is 9.69 Å². The van der Waals surface area contributed by atoms with Crippen molar-refractivity contribution in [3.05, 3.63) is 53.0 Å². The van der Waals surface area contributed by atoms with E-state index in [0.29, 0.717) is 12.2 Å². The monoisotopic (exact) mass is 452 g/mol. The molecule has 1 aliphatic rings. The van der Waals surface area contributed by atoms with E-state index < -0.39 is 10.0 Å². The van der Waals surface area contributed by atoms with Crippen molar-refractivity contribution in [2.45, 2.75) is 4.90 Å². The van der Waals surface area contributed by atoms with E-state index in [1.807, 2.05) is 12.1 Å². The first-order valence-corrected chi connectivity index (χ1v) is 10.8. The lowest BCUT2D eigenvalue weighted by atomic mass is 10.2. The zero-order valence-corrected chi connectivity index (χ0v) is 17.0. The smallest absolute Gasteiger partial charge is 0.238 e. The van der Waals surface area contributed by atoms with Crippen LogP contribution in [0.2, 0.25) is 0 Å². The minimum absolute atomic E-state index is 0.0181. The molecule has 0 bridgehead atoms.